The van der Waals surface area contributed by atoms with E-state index in [-0.39, 0.29) is 17.7 Å². The number of anilines is 1. The molecule has 0 unspecified atom stereocenters. The lowest BCUT2D eigenvalue weighted by molar-refractivity contribution is -0.121. The Kier molecular flexibility index (Phi) is 6.12. The molecule has 1 aliphatic rings. The number of amides is 2. The Morgan fingerprint density at radius 1 is 1.04 bits per heavy atom. The number of nitrogens with zero attached hydrogens (tertiary/aromatic N) is 1. The van der Waals surface area contributed by atoms with Crippen LogP contribution in [0.5, 0.6) is 5.75 Å². The van der Waals surface area contributed by atoms with Gasteiger partial charge in [0.25, 0.3) is 5.91 Å². The molecular formula is C22H26N2O3. The monoisotopic (exact) mass is 366 g/mol. The van der Waals surface area contributed by atoms with Crippen molar-refractivity contribution in [2.45, 2.75) is 26.2 Å². The third kappa shape index (κ3) is 4.67. The van der Waals surface area contributed by atoms with Gasteiger partial charge in [0.15, 0.2) is 0 Å². The fraction of sp³-hybridized carbons (Fsp3) is 0.364. The van der Waals surface area contributed by atoms with Crippen LogP contribution in [0, 0.1) is 5.92 Å². The first-order chi connectivity index (χ1) is 13.1. The molecule has 1 saturated heterocycles. The largest absolute Gasteiger partial charge is 0.497 e. The van der Waals surface area contributed by atoms with Crippen molar-refractivity contribution >= 4 is 17.5 Å². The molecule has 0 atom stereocenters. The third-order valence-corrected chi connectivity index (χ3v) is 5.12. The SMILES string of the molecule is CCc1ccc(NC(=O)C2CCN(C(=O)c3ccc(OC)cc3)CC2)cc1. The number of methoxy groups -OCH3 is 1. The van der Waals surface area contributed by atoms with Crippen molar-refractivity contribution in [1.82, 2.24) is 4.90 Å². The average molecular weight is 366 g/mol. The van der Waals surface area contributed by atoms with E-state index in [4.69, 9.17) is 4.74 Å². The van der Waals surface area contributed by atoms with Crippen LogP contribution >= 0.6 is 0 Å². The topological polar surface area (TPSA) is 58.6 Å². The number of nitrogens with one attached hydrogen (secondary N) is 1. The summed E-state index contributed by atoms with van der Waals surface area (Å²) in [5.41, 5.74) is 2.72. The minimum absolute atomic E-state index is 0.00617. The summed E-state index contributed by atoms with van der Waals surface area (Å²) >= 11 is 0. The van der Waals surface area contributed by atoms with Crippen LogP contribution in [0.15, 0.2) is 48.5 Å². The Morgan fingerprint density at radius 2 is 1.67 bits per heavy atom. The lowest BCUT2D eigenvalue weighted by Gasteiger charge is -2.31. The van der Waals surface area contributed by atoms with E-state index in [1.54, 1.807) is 31.4 Å². The summed E-state index contributed by atoms with van der Waals surface area (Å²) in [5.74, 6) is 0.715. The van der Waals surface area contributed by atoms with Crippen molar-refractivity contribution < 1.29 is 14.3 Å². The second-order valence-electron chi connectivity index (χ2n) is 6.83. The van der Waals surface area contributed by atoms with Crippen molar-refractivity contribution in [3.63, 3.8) is 0 Å². The summed E-state index contributed by atoms with van der Waals surface area (Å²) < 4.78 is 5.13. The highest BCUT2D eigenvalue weighted by Crippen LogP contribution is 2.22. The van der Waals surface area contributed by atoms with Gasteiger partial charge in [-0.2, -0.15) is 0 Å². The number of benzene rings is 2. The van der Waals surface area contributed by atoms with Crippen LogP contribution in [0.4, 0.5) is 5.69 Å². The number of aryl methyl sites for hydroxylation is 1. The van der Waals surface area contributed by atoms with E-state index in [0.717, 1.165) is 17.9 Å². The molecule has 2 aromatic rings. The van der Waals surface area contributed by atoms with E-state index >= 15 is 0 Å². The van der Waals surface area contributed by atoms with E-state index in [0.29, 0.717) is 31.5 Å². The first-order valence-electron chi connectivity index (χ1n) is 9.44. The van der Waals surface area contributed by atoms with Crippen LogP contribution in [0.25, 0.3) is 0 Å². The van der Waals surface area contributed by atoms with Crippen LogP contribution in [-0.2, 0) is 11.2 Å². The van der Waals surface area contributed by atoms with Gasteiger partial charge in [0, 0.05) is 30.3 Å². The van der Waals surface area contributed by atoms with Crippen molar-refractivity contribution in [2.75, 3.05) is 25.5 Å². The number of hydrogen-bond donors (Lipinski definition) is 1. The number of piperidine rings is 1. The van der Waals surface area contributed by atoms with E-state index in [9.17, 15) is 9.59 Å². The zero-order chi connectivity index (χ0) is 19.2. The summed E-state index contributed by atoms with van der Waals surface area (Å²) in [6.07, 6.45) is 2.34. The van der Waals surface area contributed by atoms with Crippen molar-refractivity contribution in [3.8, 4) is 5.75 Å². The molecule has 5 nitrogen and oxygen atoms in total. The molecule has 1 N–H and O–H groups in total. The molecule has 1 aliphatic heterocycles. The number of carbonyl (C=O) groups excluding carboxylic acids is 2. The van der Waals surface area contributed by atoms with Crippen LogP contribution in [0.2, 0.25) is 0 Å². The van der Waals surface area contributed by atoms with Gasteiger partial charge in [0.1, 0.15) is 5.75 Å². The van der Waals surface area contributed by atoms with Crippen molar-refractivity contribution in [2.24, 2.45) is 5.92 Å². The molecule has 2 aromatic carbocycles. The molecule has 2 amide bonds. The summed E-state index contributed by atoms with van der Waals surface area (Å²) in [5, 5.41) is 3.00. The van der Waals surface area contributed by atoms with Crippen molar-refractivity contribution in [3.05, 3.63) is 59.7 Å². The van der Waals surface area contributed by atoms with Gasteiger partial charge < -0.3 is 15.0 Å². The zero-order valence-electron chi connectivity index (χ0n) is 15.9. The van der Waals surface area contributed by atoms with Gasteiger partial charge in [0.2, 0.25) is 5.91 Å². The van der Waals surface area contributed by atoms with E-state index in [2.05, 4.69) is 12.2 Å². The maximum atomic E-state index is 12.6. The molecule has 0 radical (unpaired) electrons. The molecule has 0 saturated carbocycles. The lowest BCUT2D eigenvalue weighted by atomic mass is 9.95. The maximum absolute atomic E-state index is 12.6. The molecule has 1 heterocycles. The Labute approximate surface area is 160 Å². The molecule has 27 heavy (non-hydrogen) atoms. The molecule has 0 aliphatic carbocycles. The fourth-order valence-electron chi connectivity index (χ4n) is 3.33. The van der Waals surface area contributed by atoms with Gasteiger partial charge in [-0.05, 0) is 61.2 Å². The predicted octanol–water partition coefficient (Wildman–Crippen LogP) is 3.75. The number of rotatable bonds is 5. The van der Waals surface area contributed by atoms with Crippen LogP contribution in [0.3, 0.4) is 0 Å². The van der Waals surface area contributed by atoms with Gasteiger partial charge in [-0.1, -0.05) is 19.1 Å². The average Bonchev–Trinajstić information content (AvgIpc) is 2.74. The molecule has 5 heteroatoms. The van der Waals surface area contributed by atoms with Gasteiger partial charge in [-0.25, -0.2) is 0 Å². The number of likely N-dealkylation sites (tertiary alicyclic amines) is 1. The van der Waals surface area contributed by atoms with Crippen LogP contribution in [0.1, 0.15) is 35.7 Å². The first-order valence-corrected chi connectivity index (χ1v) is 9.44. The highest BCUT2D eigenvalue weighted by atomic mass is 16.5. The second-order valence-corrected chi connectivity index (χ2v) is 6.83. The molecule has 1 fully saturated rings. The Balaban J connectivity index is 1.52. The lowest BCUT2D eigenvalue weighted by Crippen LogP contribution is -2.41. The minimum Gasteiger partial charge on any atom is -0.497 e. The summed E-state index contributed by atoms with van der Waals surface area (Å²) in [4.78, 5) is 26.9. The van der Waals surface area contributed by atoms with E-state index in [1.165, 1.54) is 5.56 Å². The highest BCUT2D eigenvalue weighted by molar-refractivity contribution is 5.95. The predicted molar refractivity (Wildman–Crippen MR) is 106 cm³/mol. The molecule has 142 valence electrons. The molecule has 0 bridgehead atoms. The molecule has 0 spiro atoms. The molecular weight excluding hydrogens is 340 g/mol. The summed E-state index contributed by atoms with van der Waals surface area (Å²) in [6.45, 7) is 3.30. The Bertz CT molecular complexity index is 776. The zero-order valence-corrected chi connectivity index (χ0v) is 15.9. The molecule has 0 aromatic heterocycles. The van der Waals surface area contributed by atoms with Crippen LogP contribution < -0.4 is 10.1 Å². The van der Waals surface area contributed by atoms with Gasteiger partial charge in [-0.3, -0.25) is 9.59 Å². The fourth-order valence-corrected chi connectivity index (χ4v) is 3.33. The van der Waals surface area contributed by atoms with Crippen molar-refractivity contribution in [1.29, 1.82) is 0 Å². The minimum atomic E-state index is -0.0595. The number of ether oxygens (including phenoxy) is 1. The Morgan fingerprint density at radius 3 is 2.22 bits per heavy atom. The highest BCUT2D eigenvalue weighted by Gasteiger charge is 2.27. The molecule has 3 rings (SSSR count). The second kappa shape index (κ2) is 8.71. The van der Waals surface area contributed by atoms with Gasteiger partial charge in [0.05, 0.1) is 7.11 Å². The maximum Gasteiger partial charge on any atom is 0.253 e. The number of carbonyl (C=O) groups is 2. The van der Waals surface area contributed by atoms with Gasteiger partial charge >= 0.3 is 0 Å². The quantitative estimate of drug-likeness (QED) is 0.877. The smallest absolute Gasteiger partial charge is 0.253 e. The van der Waals surface area contributed by atoms with Gasteiger partial charge in [-0.15, -0.1) is 0 Å². The summed E-state index contributed by atoms with van der Waals surface area (Å²) in [7, 11) is 1.60. The summed E-state index contributed by atoms with van der Waals surface area (Å²) in [6, 6.07) is 15.1. The van der Waals surface area contributed by atoms with E-state index < -0.39 is 0 Å². The standard InChI is InChI=1S/C22H26N2O3/c1-3-16-4-8-19(9-5-16)23-21(25)17-12-14-24(15-13-17)22(26)18-6-10-20(27-2)11-7-18/h4-11,17H,3,12-15H2,1-2H3,(H,23,25). The van der Waals surface area contributed by atoms with Crippen LogP contribution in [-0.4, -0.2) is 36.9 Å². The number of hydrogen-bond acceptors (Lipinski definition) is 3. The normalized spacial score (nSPS) is 14.7. The van der Waals surface area contributed by atoms with E-state index in [1.807, 2.05) is 29.2 Å². The third-order valence-electron chi connectivity index (χ3n) is 5.12. The first kappa shape index (κ1) is 19.0. The Hall–Kier alpha value is -2.82.